The number of amides is 1. The Bertz CT molecular complexity index is 1080. The van der Waals surface area contributed by atoms with E-state index in [1.165, 1.54) is 17.2 Å². The maximum atomic E-state index is 12.5. The van der Waals surface area contributed by atoms with E-state index in [-0.39, 0.29) is 17.2 Å². The van der Waals surface area contributed by atoms with E-state index in [9.17, 15) is 9.90 Å². The van der Waals surface area contributed by atoms with Gasteiger partial charge < -0.3 is 20.1 Å². The van der Waals surface area contributed by atoms with Crippen LogP contribution < -0.4 is 15.0 Å². The van der Waals surface area contributed by atoms with Gasteiger partial charge in [-0.1, -0.05) is 12.1 Å². The molecule has 32 heavy (non-hydrogen) atoms. The highest BCUT2D eigenvalue weighted by Gasteiger charge is 2.21. The first-order valence-corrected chi connectivity index (χ1v) is 12.3. The van der Waals surface area contributed by atoms with E-state index >= 15 is 0 Å². The predicted molar refractivity (Wildman–Crippen MR) is 132 cm³/mol. The Balaban J connectivity index is 1.19. The summed E-state index contributed by atoms with van der Waals surface area (Å²) in [4.78, 5) is 17.4. The van der Waals surface area contributed by atoms with Crippen molar-refractivity contribution in [2.45, 2.75) is 12.8 Å². The van der Waals surface area contributed by atoms with Crippen LogP contribution in [-0.4, -0.2) is 66.7 Å². The number of ether oxygens (including phenoxy) is 1. The summed E-state index contributed by atoms with van der Waals surface area (Å²) in [6.45, 7) is 5.55. The van der Waals surface area contributed by atoms with Gasteiger partial charge in [-0.25, -0.2) is 0 Å². The van der Waals surface area contributed by atoms with E-state index < -0.39 is 0 Å². The number of phenolic OH excluding ortho intramolecular Hbond substituents is 1. The van der Waals surface area contributed by atoms with Gasteiger partial charge in [-0.2, -0.15) is 4.37 Å². The zero-order valence-corrected chi connectivity index (χ0v) is 20.4. The minimum absolute atomic E-state index is 0.104. The number of methoxy groups -OCH3 is 1. The van der Waals surface area contributed by atoms with Crippen LogP contribution in [0, 0.1) is 0 Å². The number of aromatic nitrogens is 1. The standard InChI is InChI=1S/C23H27BrN4O3S/c1-31-18-9-8-17(24)21(29)20(18)23(30)25-10-4-5-11-27-12-14-28(15-13-27)22-16-6-2-3-7-19(16)32-26-22/h2-3,6-9,29H,4-5,10-15H2,1H3,(H,25,30). The molecule has 7 nitrogen and oxygen atoms in total. The van der Waals surface area contributed by atoms with Gasteiger partial charge in [0.25, 0.3) is 5.91 Å². The Morgan fingerprint density at radius 3 is 2.75 bits per heavy atom. The van der Waals surface area contributed by atoms with Gasteiger partial charge in [0.15, 0.2) is 0 Å². The number of rotatable bonds is 8. The topological polar surface area (TPSA) is 77.9 Å². The first-order valence-electron chi connectivity index (χ1n) is 10.7. The third kappa shape index (κ3) is 5.00. The van der Waals surface area contributed by atoms with Crippen LogP contribution in [0.4, 0.5) is 5.82 Å². The molecule has 0 radical (unpaired) electrons. The molecule has 2 heterocycles. The van der Waals surface area contributed by atoms with Gasteiger partial charge in [0.05, 0.1) is 16.3 Å². The van der Waals surface area contributed by atoms with Crippen molar-refractivity contribution in [3.05, 3.63) is 46.4 Å². The van der Waals surface area contributed by atoms with Crippen molar-refractivity contribution in [2.75, 3.05) is 51.3 Å². The van der Waals surface area contributed by atoms with Crippen molar-refractivity contribution >= 4 is 49.3 Å². The van der Waals surface area contributed by atoms with Crippen LogP contribution in [0.15, 0.2) is 40.9 Å². The van der Waals surface area contributed by atoms with Crippen LogP contribution in [0.1, 0.15) is 23.2 Å². The summed E-state index contributed by atoms with van der Waals surface area (Å²) < 4.78 is 11.6. The first-order chi connectivity index (χ1) is 15.6. The monoisotopic (exact) mass is 518 g/mol. The van der Waals surface area contributed by atoms with E-state index in [4.69, 9.17) is 4.74 Å². The number of fused-ring (bicyclic) bond motifs is 1. The van der Waals surface area contributed by atoms with Crippen molar-refractivity contribution < 1.29 is 14.6 Å². The summed E-state index contributed by atoms with van der Waals surface area (Å²) in [7, 11) is 1.48. The van der Waals surface area contributed by atoms with Crippen LogP contribution in [0.3, 0.4) is 0 Å². The molecule has 9 heteroatoms. The zero-order valence-electron chi connectivity index (χ0n) is 18.0. The van der Waals surface area contributed by atoms with E-state index in [0.29, 0.717) is 16.8 Å². The quantitative estimate of drug-likeness (QED) is 0.437. The molecular weight excluding hydrogens is 492 g/mol. The van der Waals surface area contributed by atoms with Gasteiger partial charge in [0.2, 0.25) is 0 Å². The summed E-state index contributed by atoms with van der Waals surface area (Å²) in [5.74, 6) is 1.03. The predicted octanol–water partition coefficient (Wildman–Crippen LogP) is 4.11. The maximum absolute atomic E-state index is 12.5. The molecule has 1 aromatic heterocycles. The summed E-state index contributed by atoms with van der Waals surface area (Å²) in [5.41, 5.74) is 0.160. The molecule has 1 amide bonds. The minimum Gasteiger partial charge on any atom is -0.506 e. The van der Waals surface area contributed by atoms with Crippen molar-refractivity contribution in [2.24, 2.45) is 0 Å². The van der Waals surface area contributed by atoms with Crippen molar-refractivity contribution in [1.82, 2.24) is 14.6 Å². The highest BCUT2D eigenvalue weighted by molar-refractivity contribution is 9.10. The number of piperazine rings is 1. The lowest BCUT2D eigenvalue weighted by Crippen LogP contribution is -2.46. The third-order valence-electron chi connectivity index (χ3n) is 5.75. The lowest BCUT2D eigenvalue weighted by Gasteiger charge is -2.35. The van der Waals surface area contributed by atoms with Gasteiger partial charge >= 0.3 is 0 Å². The number of carbonyl (C=O) groups excluding carboxylic acids is 1. The molecule has 0 atom stereocenters. The Morgan fingerprint density at radius 2 is 1.97 bits per heavy atom. The molecule has 2 aromatic carbocycles. The molecule has 0 saturated carbocycles. The summed E-state index contributed by atoms with van der Waals surface area (Å²) >= 11 is 4.81. The molecule has 0 spiro atoms. The second kappa shape index (κ2) is 10.5. The number of nitrogens with zero attached hydrogens (tertiary/aromatic N) is 3. The minimum atomic E-state index is -0.329. The van der Waals surface area contributed by atoms with Gasteiger partial charge in [0, 0.05) is 38.1 Å². The van der Waals surface area contributed by atoms with Crippen LogP contribution in [-0.2, 0) is 0 Å². The van der Waals surface area contributed by atoms with E-state index in [2.05, 4.69) is 59.7 Å². The molecule has 1 aliphatic rings. The second-order valence-electron chi connectivity index (χ2n) is 7.77. The molecule has 0 bridgehead atoms. The summed E-state index contributed by atoms with van der Waals surface area (Å²) in [6.07, 6.45) is 1.88. The van der Waals surface area contributed by atoms with Crippen LogP contribution in [0.2, 0.25) is 0 Å². The summed E-state index contributed by atoms with van der Waals surface area (Å²) in [6, 6.07) is 11.7. The van der Waals surface area contributed by atoms with E-state index in [0.717, 1.165) is 51.4 Å². The Kier molecular flexibility index (Phi) is 7.49. The molecule has 3 aromatic rings. The normalized spacial score (nSPS) is 14.6. The van der Waals surface area contributed by atoms with Crippen molar-refractivity contribution in [3.63, 3.8) is 0 Å². The zero-order chi connectivity index (χ0) is 22.5. The number of hydrogen-bond donors (Lipinski definition) is 2. The van der Waals surface area contributed by atoms with E-state index in [1.54, 1.807) is 23.7 Å². The fraction of sp³-hybridized carbons (Fsp3) is 0.391. The molecule has 4 rings (SSSR count). The molecule has 170 valence electrons. The molecule has 1 fully saturated rings. The summed E-state index contributed by atoms with van der Waals surface area (Å²) in [5, 5.41) is 14.3. The SMILES string of the molecule is COc1ccc(Br)c(O)c1C(=O)NCCCCN1CCN(c2nsc3ccccc23)CC1. The molecule has 1 aliphatic heterocycles. The van der Waals surface area contributed by atoms with Gasteiger partial charge in [0.1, 0.15) is 22.9 Å². The number of phenols is 1. The van der Waals surface area contributed by atoms with Gasteiger partial charge in [-0.05, 0) is 71.1 Å². The molecular formula is C23H27BrN4O3S. The number of benzene rings is 2. The Hall–Kier alpha value is -2.36. The lowest BCUT2D eigenvalue weighted by molar-refractivity contribution is 0.0946. The number of anilines is 1. The van der Waals surface area contributed by atoms with Crippen LogP contribution >= 0.6 is 27.5 Å². The van der Waals surface area contributed by atoms with E-state index in [1.807, 2.05) is 0 Å². The molecule has 0 aliphatic carbocycles. The fourth-order valence-corrected chi connectivity index (χ4v) is 5.10. The molecule has 1 saturated heterocycles. The number of hydrogen-bond acceptors (Lipinski definition) is 7. The number of carbonyl (C=O) groups is 1. The van der Waals surface area contributed by atoms with Crippen molar-refractivity contribution in [1.29, 1.82) is 0 Å². The molecule has 2 N–H and O–H groups in total. The van der Waals surface area contributed by atoms with Gasteiger partial charge in [-0.15, -0.1) is 0 Å². The number of halogens is 1. The lowest BCUT2D eigenvalue weighted by atomic mass is 10.1. The highest BCUT2D eigenvalue weighted by Crippen LogP contribution is 2.34. The van der Waals surface area contributed by atoms with Crippen LogP contribution in [0.5, 0.6) is 11.5 Å². The van der Waals surface area contributed by atoms with Crippen molar-refractivity contribution in [3.8, 4) is 11.5 Å². The fourth-order valence-electron chi connectivity index (χ4n) is 3.97. The number of nitrogens with one attached hydrogen (secondary N) is 1. The Labute approximate surface area is 200 Å². The highest BCUT2D eigenvalue weighted by atomic mass is 79.9. The van der Waals surface area contributed by atoms with Gasteiger partial charge in [-0.3, -0.25) is 9.69 Å². The van der Waals surface area contributed by atoms with Crippen LogP contribution in [0.25, 0.3) is 10.1 Å². The smallest absolute Gasteiger partial charge is 0.258 e. The maximum Gasteiger partial charge on any atom is 0.258 e. The number of aromatic hydroxyl groups is 1. The number of unbranched alkanes of at least 4 members (excludes halogenated alkanes) is 1. The third-order valence-corrected chi connectivity index (χ3v) is 7.21. The first kappa shape index (κ1) is 22.8. The molecule has 0 unspecified atom stereocenters. The average molecular weight is 519 g/mol. The Morgan fingerprint density at radius 1 is 1.19 bits per heavy atom. The second-order valence-corrected chi connectivity index (χ2v) is 9.43. The average Bonchev–Trinajstić information content (AvgIpc) is 3.25. The largest absolute Gasteiger partial charge is 0.506 e.